The summed E-state index contributed by atoms with van der Waals surface area (Å²) in [6.07, 6.45) is 17.3. The SMILES string of the molecule is CO[C@H]1C[C@@H]2CC[C@@H](C)[C@@](O)(O2)C(=O)C(=O)C2CCCC[C@H]2C(=O)O[C@H]([C@H](C)C[C@@H]2CC[C@@H](O)[C@H](OC)C2)C[C@@H](O)[C@H](C)/C=C(\C)[C@@H](O)[C@@H](OC)C2=[N+](OCc3cn(-c4cnc(N5CCN(C(=O)CCOCCC(=O)NCCCCn6nc(-c7ccc8oc(N)nc8c7)c7c(N)ncnc76)CC5)nc4)nn3)\C(=C/C=C/C=C/1C)[C@@H](C)C[C@H]2C. The number of nitrogens with two attached hydrogens (primary N) is 2. The fraction of sp³-hybridized carbons (Fsp3) is 0.624. The first-order chi connectivity index (χ1) is 56.7. The first-order valence-electron chi connectivity index (χ1n) is 41.8. The monoisotopic (exact) mass is 1640 g/mol. The second-order valence-corrected chi connectivity index (χ2v) is 33.1. The number of benzene rings is 1. The van der Waals surface area contributed by atoms with Gasteiger partial charge in [-0.25, -0.2) is 29.3 Å². The third kappa shape index (κ3) is 20.9. The number of anilines is 3. The summed E-state index contributed by atoms with van der Waals surface area (Å²) < 4.78 is 47.2. The van der Waals surface area contributed by atoms with Gasteiger partial charge in [-0.05, 0) is 126 Å². The van der Waals surface area contributed by atoms with Crippen molar-refractivity contribution >= 4 is 75.0 Å². The van der Waals surface area contributed by atoms with E-state index in [0.29, 0.717) is 166 Å². The van der Waals surface area contributed by atoms with Gasteiger partial charge in [-0.2, -0.15) is 10.1 Å². The molecule has 5 aromatic heterocycles. The highest BCUT2D eigenvalue weighted by molar-refractivity contribution is 6.41. The van der Waals surface area contributed by atoms with Gasteiger partial charge in [-0.3, -0.25) is 28.8 Å². The minimum atomic E-state index is -2.44. The number of aliphatic hydroxyl groups excluding tert-OH is 3. The number of methoxy groups -OCH3 is 3. The lowest BCUT2D eigenvalue weighted by atomic mass is 9.73. The average molecular weight is 1640 g/mol. The van der Waals surface area contributed by atoms with Gasteiger partial charge < -0.3 is 79.8 Å². The maximum Gasteiger partial charge on any atom is 0.309 e. The summed E-state index contributed by atoms with van der Waals surface area (Å²) in [4.78, 5) is 103. The summed E-state index contributed by atoms with van der Waals surface area (Å²) in [5.74, 6) is -8.27. The summed E-state index contributed by atoms with van der Waals surface area (Å²) in [6.45, 7) is 16.6. The first-order valence-corrected chi connectivity index (χ1v) is 41.8. The fourth-order valence-corrected chi connectivity index (χ4v) is 17.7. The number of cyclic esters (lactones) is 1. The number of oxazole rings is 1. The topological polar surface area (TPSA) is 431 Å². The fourth-order valence-electron chi connectivity index (χ4n) is 17.7. The summed E-state index contributed by atoms with van der Waals surface area (Å²) in [5.41, 5.74) is 18.9. The maximum atomic E-state index is 14.8. The number of hydrogen-bond donors (Lipinski definition) is 7. The van der Waals surface area contributed by atoms with E-state index in [0.717, 1.165) is 23.3 Å². The van der Waals surface area contributed by atoms with Crippen molar-refractivity contribution in [2.45, 2.75) is 225 Å². The van der Waals surface area contributed by atoms with Crippen molar-refractivity contribution in [1.82, 2.24) is 59.9 Å². The molecule has 33 nitrogen and oxygen atoms in total. The summed E-state index contributed by atoms with van der Waals surface area (Å²) in [7, 11) is 4.71. The Bertz CT molecular complexity index is 4630. The number of piperazine rings is 1. The van der Waals surface area contributed by atoms with Crippen LogP contribution in [0.15, 0.2) is 94.8 Å². The number of ketones is 2. The van der Waals surface area contributed by atoms with Gasteiger partial charge in [0.15, 0.2) is 17.3 Å². The van der Waals surface area contributed by atoms with Gasteiger partial charge in [0.1, 0.15) is 46.9 Å². The van der Waals surface area contributed by atoms with E-state index < -0.39 is 89.7 Å². The molecule has 12 rings (SSSR count). The molecule has 6 aromatic rings. The van der Waals surface area contributed by atoms with Crippen LogP contribution in [0.5, 0.6) is 0 Å². The average Bonchev–Trinajstić information content (AvgIpc) is 1.66. The molecule has 4 fully saturated rings. The van der Waals surface area contributed by atoms with Crippen molar-refractivity contribution in [3.8, 4) is 16.9 Å². The number of nitrogens with zero attached hydrogens (tertiary/aromatic N) is 13. The Morgan fingerprint density at radius 2 is 1.57 bits per heavy atom. The highest BCUT2D eigenvalue weighted by Gasteiger charge is 2.54. The third-order valence-electron chi connectivity index (χ3n) is 24.7. The van der Waals surface area contributed by atoms with Crippen molar-refractivity contribution < 1.29 is 86.8 Å². The Labute approximate surface area is 688 Å². The van der Waals surface area contributed by atoms with Crippen LogP contribution in [0.2, 0.25) is 0 Å². The molecule has 1 aromatic carbocycles. The number of nitrogens with one attached hydrogen (secondary N) is 1. The molecule has 0 radical (unpaired) electrons. The molecular formula is C85H119N16O17+. The van der Waals surface area contributed by atoms with Crippen molar-refractivity contribution in [2.75, 3.05) is 83.6 Å². The predicted molar refractivity (Wildman–Crippen MR) is 436 cm³/mol. The van der Waals surface area contributed by atoms with Crippen molar-refractivity contribution in [2.24, 2.45) is 47.3 Å². The Morgan fingerprint density at radius 1 is 0.814 bits per heavy atom. The molecule has 2 aliphatic carbocycles. The number of allylic oxidation sites excluding steroid dienone is 5. The van der Waals surface area contributed by atoms with E-state index in [9.17, 15) is 44.4 Å². The van der Waals surface area contributed by atoms with E-state index in [4.69, 9.17) is 64.2 Å². The quantitative estimate of drug-likeness (QED) is 0.0105. The molecular weight excluding hydrogens is 1520 g/mol. The number of carbonyl (C=O) groups excluding carboxylic acids is 5. The largest absolute Gasteiger partial charge is 0.462 e. The van der Waals surface area contributed by atoms with Crippen LogP contribution in [0.25, 0.3) is 39.1 Å². The molecule has 6 aliphatic rings. The number of amides is 2. The number of unbranched alkanes of at least 4 members (excludes halogenated alkanes) is 1. The molecule has 0 spiro atoms. The number of esters is 1. The zero-order valence-corrected chi connectivity index (χ0v) is 69.6. The molecule has 33 heteroatoms. The lowest BCUT2D eigenvalue weighted by Crippen LogP contribution is -2.57. The molecule has 1 unspecified atom stereocenters. The first kappa shape index (κ1) is 88.0. The number of Topliss-reactive ketones (excluding diaryl/α,β-unsaturated/α-hetero) is 2. The minimum Gasteiger partial charge on any atom is -0.462 e. The van der Waals surface area contributed by atoms with Gasteiger partial charge in [0, 0.05) is 126 Å². The Morgan fingerprint density at radius 3 is 2.32 bits per heavy atom. The van der Waals surface area contributed by atoms with Crippen molar-refractivity contribution in [1.29, 1.82) is 0 Å². The van der Waals surface area contributed by atoms with Gasteiger partial charge in [-0.1, -0.05) is 77.0 Å². The molecule has 17 atom stereocenters. The number of aromatic nitrogens is 10. The third-order valence-corrected chi connectivity index (χ3v) is 24.7. The van der Waals surface area contributed by atoms with Gasteiger partial charge in [-0.15, -0.1) is 5.10 Å². The smallest absolute Gasteiger partial charge is 0.309 e. The zero-order valence-electron chi connectivity index (χ0n) is 69.6. The van der Waals surface area contributed by atoms with Crippen LogP contribution in [0, 0.1) is 47.3 Å². The lowest BCUT2D eigenvalue weighted by molar-refractivity contribution is -0.767. The lowest BCUT2D eigenvalue weighted by Gasteiger charge is -2.42. The Balaban J connectivity index is 0.675. The van der Waals surface area contributed by atoms with E-state index in [2.05, 4.69) is 44.4 Å². The molecule has 118 heavy (non-hydrogen) atoms. The van der Waals surface area contributed by atoms with E-state index in [-0.39, 0.29) is 106 Å². The molecule has 9 heterocycles. The molecule has 2 saturated carbocycles. The maximum absolute atomic E-state index is 14.8. The van der Waals surface area contributed by atoms with Crippen LogP contribution in [-0.2, 0) is 70.4 Å². The normalized spacial score (nSPS) is 30.1. The van der Waals surface area contributed by atoms with Gasteiger partial charge in [0.25, 0.3) is 11.8 Å². The van der Waals surface area contributed by atoms with E-state index in [1.165, 1.54) is 13.4 Å². The van der Waals surface area contributed by atoms with Crippen LogP contribution in [0.1, 0.15) is 163 Å². The number of hydrogen-bond acceptors (Lipinski definition) is 28. The molecule has 2 saturated heterocycles. The summed E-state index contributed by atoms with van der Waals surface area (Å²) in [5, 5.41) is 65.3. The summed E-state index contributed by atoms with van der Waals surface area (Å²) >= 11 is 0. The van der Waals surface area contributed by atoms with Crippen LogP contribution in [0.4, 0.5) is 17.8 Å². The molecule has 9 N–H and O–H groups in total. The van der Waals surface area contributed by atoms with Gasteiger partial charge >= 0.3 is 5.97 Å². The number of nitrogen functional groups attached to an aromatic ring is 2. The second-order valence-electron chi connectivity index (χ2n) is 33.1. The van der Waals surface area contributed by atoms with E-state index >= 15 is 0 Å². The molecule has 640 valence electrons. The number of rotatable bonds is 23. The van der Waals surface area contributed by atoms with E-state index in [1.807, 2.05) is 68.2 Å². The minimum absolute atomic E-state index is 0.00495. The Kier molecular flexibility index (Phi) is 29.9. The van der Waals surface area contributed by atoms with Crippen molar-refractivity contribution in [3.05, 3.63) is 96.0 Å². The van der Waals surface area contributed by atoms with Crippen LogP contribution < -0.4 is 21.7 Å². The van der Waals surface area contributed by atoms with Gasteiger partial charge in [0.2, 0.25) is 47.3 Å². The standard InChI is InChI=1S/C85H118N16O17/c1-49-17-11-14-20-64-50(2)37-53(5)75(78(113-10)76(106)54(6)38-51(3)66(103)43-69(52(4)39-56-22-25-65(102)70(40-56)112-9)116-82(109)62-19-13-12-18-61(62)77(107)79(108)85(110)55(7)21-24-60(118-85)42-68(49)111-8)101(64)115-47-58-46-100(96-94-58)59-44-89-84(90-45-59)98-33-31-97(32-34-98)72(105)28-36-114-35-27-71(104)88-29-15-16-30-99-81-73(80(86)91-48-92-81)74(95-99)57-23-26-67-63(41-57)93-83(87)117-67/h11,14,17,20,23,26,38,41,44-46,48,50-53,55-56,60-62,65-66,68-70,76,78,102-103,106,110H,12-13,15-16,18-19,21-22,24-25,27-37,39-40,42-43,47H2,1-10H3,(H4-,86,87,88,91,92,93,95,104)/p+1/b14-11+,49-17+,54-38+,64-20-/t50-,51+,52+,53+,55+,56-,60-,61?,62+,65+,66+,68-,69-,70+,76+,78-,85+/m0/s1. The van der Waals surface area contributed by atoms with Crippen molar-refractivity contribution in [3.63, 3.8) is 0 Å². The predicted octanol–water partition coefficient (Wildman–Crippen LogP) is 7.85. The number of hydroxylamine groups is 1. The number of ether oxygens (including phenoxy) is 6. The highest BCUT2D eigenvalue weighted by atomic mass is 16.7. The van der Waals surface area contributed by atoms with Crippen LogP contribution >= 0.6 is 0 Å². The second kappa shape index (κ2) is 40.2. The number of aliphatic hydroxyl groups is 4. The molecule has 4 bridgehead atoms. The van der Waals surface area contributed by atoms with Crippen LogP contribution in [0.3, 0.4) is 0 Å². The highest BCUT2D eigenvalue weighted by Crippen LogP contribution is 2.42. The number of fused-ring (bicyclic) bond motifs is 6. The number of aryl methyl sites for hydroxylation is 1. The van der Waals surface area contributed by atoms with E-state index in [1.54, 1.807) is 71.7 Å². The molecule has 4 aliphatic heterocycles. The van der Waals surface area contributed by atoms with Crippen LogP contribution in [-0.4, -0.2) is 237 Å². The zero-order chi connectivity index (χ0) is 84.1. The number of carbonyl (C=O) groups is 5. The Hall–Kier alpha value is -9.32. The summed E-state index contributed by atoms with van der Waals surface area (Å²) in [6, 6.07) is 5.53. The van der Waals surface area contributed by atoms with Gasteiger partial charge in [0.05, 0.1) is 80.0 Å². The molecule has 2 amide bonds.